The summed E-state index contributed by atoms with van der Waals surface area (Å²) in [6.07, 6.45) is 0. The summed E-state index contributed by atoms with van der Waals surface area (Å²) in [5.74, 6) is 0.854. The summed E-state index contributed by atoms with van der Waals surface area (Å²) < 4.78 is 5.19. The van der Waals surface area contributed by atoms with E-state index in [0.717, 1.165) is 28.3 Å². The third kappa shape index (κ3) is 3.23. The highest BCUT2D eigenvalue weighted by molar-refractivity contribution is 7.80. The lowest BCUT2D eigenvalue weighted by Gasteiger charge is -2.11. The Bertz CT molecular complexity index is 594. The van der Waals surface area contributed by atoms with Gasteiger partial charge in [0.2, 0.25) is 0 Å². The van der Waals surface area contributed by atoms with Crippen LogP contribution in [0.15, 0.2) is 42.5 Å². The van der Waals surface area contributed by atoms with Gasteiger partial charge in [-0.2, -0.15) is 0 Å². The van der Waals surface area contributed by atoms with E-state index in [0.29, 0.717) is 4.99 Å². The molecule has 0 bridgehead atoms. The predicted molar refractivity (Wildman–Crippen MR) is 83.3 cm³/mol. The van der Waals surface area contributed by atoms with Gasteiger partial charge < -0.3 is 15.8 Å². The lowest BCUT2D eigenvalue weighted by molar-refractivity contribution is 0.414. The Morgan fingerprint density at radius 2 is 1.84 bits per heavy atom. The maximum absolute atomic E-state index is 5.57. The zero-order valence-corrected chi connectivity index (χ0v) is 11.8. The molecule has 0 aromatic heterocycles. The normalized spacial score (nSPS) is 10.0. The van der Waals surface area contributed by atoms with E-state index in [-0.39, 0.29) is 0 Å². The molecule has 0 aliphatic carbocycles. The van der Waals surface area contributed by atoms with Gasteiger partial charge in [-0.15, -0.1) is 0 Å². The van der Waals surface area contributed by atoms with Crippen LogP contribution in [0.2, 0.25) is 0 Å². The first-order valence-electron chi connectivity index (χ1n) is 5.91. The van der Waals surface area contributed by atoms with Crippen LogP contribution in [0.1, 0.15) is 11.1 Å². The molecule has 0 aliphatic rings. The van der Waals surface area contributed by atoms with E-state index in [1.165, 1.54) is 0 Å². The summed E-state index contributed by atoms with van der Waals surface area (Å²) >= 11 is 4.93. The molecule has 0 saturated carbocycles. The lowest BCUT2D eigenvalue weighted by atomic mass is 10.1. The summed E-state index contributed by atoms with van der Waals surface area (Å²) in [6, 6.07) is 13.6. The molecule has 2 aromatic carbocycles. The van der Waals surface area contributed by atoms with E-state index in [1.54, 1.807) is 7.11 Å². The molecule has 3 nitrogen and oxygen atoms in total. The van der Waals surface area contributed by atoms with Crippen molar-refractivity contribution in [3.05, 3.63) is 53.6 Å². The van der Waals surface area contributed by atoms with Gasteiger partial charge in [0.25, 0.3) is 0 Å². The molecule has 0 fully saturated rings. The Labute approximate surface area is 118 Å². The van der Waals surface area contributed by atoms with Gasteiger partial charge in [-0.1, -0.05) is 12.2 Å². The third-order valence-electron chi connectivity index (χ3n) is 2.88. The summed E-state index contributed by atoms with van der Waals surface area (Å²) in [4.78, 5) is 0.409. The highest BCUT2D eigenvalue weighted by atomic mass is 32.1. The van der Waals surface area contributed by atoms with Crippen LogP contribution in [0.25, 0.3) is 0 Å². The molecule has 19 heavy (non-hydrogen) atoms. The average Bonchev–Trinajstić information content (AvgIpc) is 2.41. The maximum Gasteiger partial charge on any atom is 0.119 e. The van der Waals surface area contributed by atoms with Gasteiger partial charge in [0.05, 0.1) is 7.11 Å². The highest BCUT2D eigenvalue weighted by Crippen LogP contribution is 2.24. The molecule has 3 N–H and O–H groups in total. The fourth-order valence-electron chi connectivity index (χ4n) is 1.78. The molecule has 0 aliphatic heterocycles. The molecule has 98 valence electrons. The Morgan fingerprint density at radius 3 is 2.37 bits per heavy atom. The van der Waals surface area contributed by atoms with Crippen LogP contribution in [0.4, 0.5) is 11.4 Å². The first-order valence-corrected chi connectivity index (χ1v) is 6.32. The fourth-order valence-corrected chi connectivity index (χ4v) is 1.91. The number of nitrogens with two attached hydrogens (primary N) is 1. The van der Waals surface area contributed by atoms with Crippen LogP contribution >= 0.6 is 12.2 Å². The molecule has 0 atom stereocenters. The first kappa shape index (κ1) is 13.4. The molecule has 2 rings (SSSR count). The molecule has 0 unspecified atom stereocenters. The van der Waals surface area contributed by atoms with E-state index in [2.05, 4.69) is 5.32 Å². The van der Waals surface area contributed by atoms with Gasteiger partial charge in [-0.25, -0.2) is 0 Å². The Morgan fingerprint density at radius 1 is 1.16 bits per heavy atom. The fraction of sp³-hybridized carbons (Fsp3) is 0.133. The third-order valence-corrected chi connectivity index (χ3v) is 3.12. The number of benzene rings is 2. The van der Waals surface area contributed by atoms with Crippen molar-refractivity contribution in [2.75, 3.05) is 12.4 Å². The minimum absolute atomic E-state index is 0.409. The summed E-state index contributed by atoms with van der Waals surface area (Å²) in [6.45, 7) is 2.04. The van der Waals surface area contributed by atoms with Crippen molar-refractivity contribution < 1.29 is 4.74 Å². The second kappa shape index (κ2) is 5.71. The number of anilines is 2. The average molecular weight is 272 g/mol. The highest BCUT2D eigenvalue weighted by Gasteiger charge is 2.02. The van der Waals surface area contributed by atoms with Crippen molar-refractivity contribution in [3.63, 3.8) is 0 Å². The quantitative estimate of drug-likeness (QED) is 0.838. The Kier molecular flexibility index (Phi) is 4.02. The SMILES string of the molecule is COc1ccc(Nc2ccc(C(N)=S)cc2)c(C)c1. The second-order valence-electron chi connectivity index (χ2n) is 4.25. The van der Waals surface area contributed by atoms with Crippen molar-refractivity contribution in [1.82, 2.24) is 0 Å². The number of ether oxygens (including phenoxy) is 1. The summed E-state index contributed by atoms with van der Waals surface area (Å²) in [7, 11) is 1.66. The monoisotopic (exact) mass is 272 g/mol. The number of thiocarbonyl (C=S) groups is 1. The molecular formula is C15H16N2OS. The first-order chi connectivity index (χ1) is 9.10. The lowest BCUT2D eigenvalue weighted by Crippen LogP contribution is -2.08. The van der Waals surface area contributed by atoms with Crippen molar-refractivity contribution >= 4 is 28.6 Å². The molecule has 0 heterocycles. The Balaban J connectivity index is 2.19. The van der Waals surface area contributed by atoms with Gasteiger partial charge in [0, 0.05) is 16.9 Å². The minimum Gasteiger partial charge on any atom is -0.497 e. The number of hydrogen-bond donors (Lipinski definition) is 2. The van der Waals surface area contributed by atoms with Crippen molar-refractivity contribution in [2.24, 2.45) is 5.73 Å². The van der Waals surface area contributed by atoms with Crippen LogP contribution in [0, 0.1) is 6.92 Å². The number of rotatable bonds is 4. The summed E-state index contributed by atoms with van der Waals surface area (Å²) in [5.41, 5.74) is 9.60. The van der Waals surface area contributed by atoms with Gasteiger partial charge in [-0.05, 0) is 55.0 Å². The molecule has 0 saturated heterocycles. The largest absolute Gasteiger partial charge is 0.497 e. The molecular weight excluding hydrogens is 256 g/mol. The molecule has 2 aromatic rings. The molecule has 0 spiro atoms. The number of hydrogen-bond acceptors (Lipinski definition) is 3. The topological polar surface area (TPSA) is 47.3 Å². The molecule has 0 amide bonds. The molecule has 4 heteroatoms. The van der Waals surface area contributed by atoms with Crippen molar-refractivity contribution in [2.45, 2.75) is 6.92 Å². The summed E-state index contributed by atoms with van der Waals surface area (Å²) in [5, 5.41) is 3.35. The van der Waals surface area contributed by atoms with Crippen molar-refractivity contribution in [3.8, 4) is 5.75 Å². The van der Waals surface area contributed by atoms with Crippen molar-refractivity contribution in [1.29, 1.82) is 0 Å². The van der Waals surface area contributed by atoms with E-state index >= 15 is 0 Å². The zero-order valence-electron chi connectivity index (χ0n) is 10.9. The van der Waals surface area contributed by atoms with Crippen LogP contribution in [0.5, 0.6) is 5.75 Å². The zero-order chi connectivity index (χ0) is 13.8. The number of methoxy groups -OCH3 is 1. The maximum atomic E-state index is 5.57. The predicted octanol–water partition coefficient (Wildman–Crippen LogP) is 3.38. The Hall–Kier alpha value is -2.07. The van der Waals surface area contributed by atoms with E-state index in [4.69, 9.17) is 22.7 Å². The second-order valence-corrected chi connectivity index (χ2v) is 4.69. The van der Waals surface area contributed by atoms with Gasteiger partial charge in [-0.3, -0.25) is 0 Å². The van der Waals surface area contributed by atoms with Crippen LogP contribution < -0.4 is 15.8 Å². The van der Waals surface area contributed by atoms with E-state index in [9.17, 15) is 0 Å². The van der Waals surface area contributed by atoms with Gasteiger partial charge in [0.1, 0.15) is 10.7 Å². The number of aryl methyl sites for hydroxylation is 1. The smallest absolute Gasteiger partial charge is 0.119 e. The minimum atomic E-state index is 0.409. The van der Waals surface area contributed by atoms with Gasteiger partial charge in [0.15, 0.2) is 0 Å². The van der Waals surface area contributed by atoms with Crippen LogP contribution in [-0.2, 0) is 0 Å². The van der Waals surface area contributed by atoms with E-state index in [1.807, 2.05) is 49.4 Å². The van der Waals surface area contributed by atoms with Gasteiger partial charge >= 0.3 is 0 Å². The number of nitrogens with one attached hydrogen (secondary N) is 1. The van der Waals surface area contributed by atoms with Crippen LogP contribution in [0.3, 0.4) is 0 Å². The molecule has 0 radical (unpaired) electrons. The standard InChI is InChI=1S/C15H16N2OS/c1-10-9-13(18-2)7-8-14(10)17-12-5-3-11(4-6-12)15(16)19/h3-9,17H,1-2H3,(H2,16,19). The van der Waals surface area contributed by atoms with Crippen LogP contribution in [-0.4, -0.2) is 12.1 Å². The van der Waals surface area contributed by atoms with E-state index < -0.39 is 0 Å².